The van der Waals surface area contributed by atoms with Gasteiger partial charge in [0.25, 0.3) is 0 Å². The Kier molecular flexibility index (Phi) is 2.94. The number of phenolic OH excluding ortho intramolecular Hbond substituents is 1. The summed E-state index contributed by atoms with van der Waals surface area (Å²) in [7, 11) is 0. The quantitative estimate of drug-likeness (QED) is 0.830. The van der Waals surface area contributed by atoms with Crippen molar-refractivity contribution in [1.29, 1.82) is 0 Å². The van der Waals surface area contributed by atoms with Crippen LogP contribution in [0.25, 0.3) is 10.8 Å². The van der Waals surface area contributed by atoms with Crippen LogP contribution in [0.5, 0.6) is 5.75 Å². The molecule has 0 saturated carbocycles. The summed E-state index contributed by atoms with van der Waals surface area (Å²) in [5.74, 6) is -0.287. The van der Waals surface area contributed by atoms with Crippen molar-refractivity contribution in [1.82, 2.24) is 0 Å². The number of hydrogen-bond acceptors (Lipinski definition) is 3. The number of phenols is 1. The first-order valence-corrected chi connectivity index (χ1v) is 5.56. The maximum Gasteiger partial charge on any atom is 0.180 e. The second kappa shape index (κ2) is 4.23. The summed E-state index contributed by atoms with van der Waals surface area (Å²) in [5, 5.41) is 11.5. The van der Waals surface area contributed by atoms with Gasteiger partial charge in [-0.1, -0.05) is 22.0 Å². The van der Waals surface area contributed by atoms with Gasteiger partial charge in [0.15, 0.2) is 5.78 Å². The van der Waals surface area contributed by atoms with E-state index in [9.17, 15) is 9.90 Å². The van der Waals surface area contributed by atoms with E-state index in [0.717, 1.165) is 15.2 Å². The maximum absolute atomic E-state index is 11.5. The molecular weight excluding hydrogens is 270 g/mol. The minimum absolute atomic E-state index is 0.0229. The van der Waals surface area contributed by atoms with Gasteiger partial charge in [-0.05, 0) is 35.0 Å². The summed E-state index contributed by atoms with van der Waals surface area (Å²) in [5.41, 5.74) is 5.55. The second-order valence-electron chi connectivity index (χ2n) is 3.49. The topological polar surface area (TPSA) is 63.3 Å². The van der Waals surface area contributed by atoms with E-state index < -0.39 is 0 Å². The number of halogens is 1. The molecule has 0 heterocycles. The summed E-state index contributed by atoms with van der Waals surface area (Å²) in [6.45, 7) is -0.104. The molecule has 2 aromatic carbocycles. The zero-order valence-corrected chi connectivity index (χ0v) is 9.99. The summed E-state index contributed by atoms with van der Waals surface area (Å²) >= 11 is 3.36. The smallest absolute Gasteiger partial charge is 0.180 e. The molecule has 82 valence electrons. The molecule has 0 radical (unpaired) electrons. The number of nitrogens with two attached hydrogens (primary N) is 1. The van der Waals surface area contributed by atoms with E-state index in [1.54, 1.807) is 12.1 Å². The molecule has 0 bridgehead atoms. The zero-order chi connectivity index (χ0) is 11.7. The highest BCUT2D eigenvalue weighted by Gasteiger charge is 2.10. The number of carbonyl (C=O) groups is 1. The first-order valence-electron chi connectivity index (χ1n) is 4.77. The van der Waals surface area contributed by atoms with Crippen LogP contribution in [0.15, 0.2) is 34.8 Å². The van der Waals surface area contributed by atoms with Crippen molar-refractivity contribution in [2.75, 3.05) is 6.54 Å². The first-order chi connectivity index (χ1) is 7.61. The largest absolute Gasteiger partial charge is 0.507 e. The highest BCUT2D eigenvalue weighted by Crippen LogP contribution is 2.27. The minimum Gasteiger partial charge on any atom is -0.507 e. The van der Waals surface area contributed by atoms with Crippen molar-refractivity contribution in [2.45, 2.75) is 0 Å². The van der Waals surface area contributed by atoms with E-state index in [1.165, 1.54) is 0 Å². The van der Waals surface area contributed by atoms with Crippen LogP contribution in [0.3, 0.4) is 0 Å². The average Bonchev–Trinajstić information content (AvgIpc) is 2.28. The SMILES string of the molecule is NCC(=O)c1cc2cc(Br)ccc2cc1O. The van der Waals surface area contributed by atoms with Crippen LogP contribution >= 0.6 is 15.9 Å². The second-order valence-corrected chi connectivity index (χ2v) is 4.40. The molecule has 3 N–H and O–H groups in total. The summed E-state index contributed by atoms with van der Waals surface area (Å²) in [6, 6.07) is 8.87. The predicted molar refractivity (Wildman–Crippen MR) is 66.7 cm³/mol. The summed E-state index contributed by atoms with van der Waals surface area (Å²) in [4.78, 5) is 11.5. The lowest BCUT2D eigenvalue weighted by Gasteiger charge is -2.05. The molecule has 0 aliphatic rings. The molecule has 0 aliphatic heterocycles. The van der Waals surface area contributed by atoms with Crippen LogP contribution < -0.4 is 5.73 Å². The number of rotatable bonds is 2. The zero-order valence-electron chi connectivity index (χ0n) is 8.40. The normalized spacial score (nSPS) is 10.6. The highest BCUT2D eigenvalue weighted by molar-refractivity contribution is 9.10. The molecule has 2 aromatic rings. The molecule has 0 atom stereocenters. The van der Waals surface area contributed by atoms with Gasteiger partial charge in [-0.2, -0.15) is 0 Å². The lowest BCUT2D eigenvalue weighted by atomic mass is 10.0. The van der Waals surface area contributed by atoms with Gasteiger partial charge in [0.05, 0.1) is 12.1 Å². The molecule has 0 fully saturated rings. The van der Waals surface area contributed by atoms with Gasteiger partial charge < -0.3 is 10.8 Å². The van der Waals surface area contributed by atoms with Crippen LogP contribution in [0.4, 0.5) is 0 Å². The number of carbonyl (C=O) groups excluding carboxylic acids is 1. The summed E-state index contributed by atoms with van der Waals surface area (Å²) in [6.07, 6.45) is 0. The Labute approximate surface area is 101 Å². The average molecular weight is 280 g/mol. The Balaban J connectivity index is 2.68. The number of hydrogen-bond donors (Lipinski definition) is 2. The molecular formula is C12H10BrNO2. The molecule has 2 rings (SSSR count). The van der Waals surface area contributed by atoms with Crippen molar-refractivity contribution >= 4 is 32.5 Å². The van der Waals surface area contributed by atoms with Crippen LogP contribution in [0.1, 0.15) is 10.4 Å². The fourth-order valence-electron chi connectivity index (χ4n) is 1.59. The third kappa shape index (κ3) is 1.94. The lowest BCUT2D eigenvalue weighted by molar-refractivity contribution is 0.0999. The molecule has 3 nitrogen and oxygen atoms in total. The molecule has 0 unspecified atom stereocenters. The molecule has 0 spiro atoms. The third-order valence-electron chi connectivity index (χ3n) is 2.40. The van der Waals surface area contributed by atoms with E-state index in [1.807, 2.05) is 18.2 Å². The first kappa shape index (κ1) is 11.1. The number of Topliss-reactive ketones (excluding diaryl/α,β-unsaturated/α-hetero) is 1. The molecule has 0 amide bonds. The van der Waals surface area contributed by atoms with Gasteiger partial charge in [0, 0.05) is 4.47 Å². The lowest BCUT2D eigenvalue weighted by Crippen LogP contribution is -2.13. The predicted octanol–water partition coefficient (Wildman–Crippen LogP) is 2.45. The third-order valence-corrected chi connectivity index (χ3v) is 2.90. The van der Waals surface area contributed by atoms with Crippen molar-refractivity contribution in [3.05, 3.63) is 40.4 Å². The van der Waals surface area contributed by atoms with E-state index in [0.29, 0.717) is 0 Å². The number of benzene rings is 2. The van der Waals surface area contributed by atoms with Crippen LogP contribution in [-0.4, -0.2) is 17.4 Å². The maximum atomic E-state index is 11.5. The number of ketones is 1. The molecule has 4 heteroatoms. The fourth-order valence-corrected chi connectivity index (χ4v) is 1.97. The standard InChI is InChI=1S/C12H10BrNO2/c13-9-2-1-7-5-11(15)10(12(16)6-14)4-8(7)3-9/h1-5,15H,6,14H2. The van der Waals surface area contributed by atoms with Gasteiger partial charge in [-0.25, -0.2) is 0 Å². The van der Waals surface area contributed by atoms with Gasteiger partial charge in [-0.15, -0.1) is 0 Å². The Morgan fingerprint density at radius 3 is 2.69 bits per heavy atom. The fraction of sp³-hybridized carbons (Fsp3) is 0.0833. The van der Waals surface area contributed by atoms with Gasteiger partial charge >= 0.3 is 0 Å². The minimum atomic E-state index is -0.264. The molecule has 0 aliphatic carbocycles. The summed E-state index contributed by atoms with van der Waals surface area (Å²) < 4.78 is 0.928. The molecule has 0 aromatic heterocycles. The highest BCUT2D eigenvalue weighted by atomic mass is 79.9. The molecule has 16 heavy (non-hydrogen) atoms. The van der Waals surface area contributed by atoms with Crippen LogP contribution in [0, 0.1) is 0 Å². The van der Waals surface area contributed by atoms with Gasteiger partial charge in [0.1, 0.15) is 5.75 Å². The van der Waals surface area contributed by atoms with Gasteiger partial charge in [0.2, 0.25) is 0 Å². The Morgan fingerprint density at radius 2 is 2.00 bits per heavy atom. The van der Waals surface area contributed by atoms with E-state index >= 15 is 0 Å². The van der Waals surface area contributed by atoms with Crippen molar-refractivity contribution in [3.63, 3.8) is 0 Å². The number of fused-ring (bicyclic) bond motifs is 1. The van der Waals surface area contributed by atoms with Crippen molar-refractivity contribution < 1.29 is 9.90 Å². The van der Waals surface area contributed by atoms with Crippen LogP contribution in [-0.2, 0) is 0 Å². The van der Waals surface area contributed by atoms with E-state index in [-0.39, 0.29) is 23.6 Å². The Hall–Kier alpha value is -1.39. The van der Waals surface area contributed by atoms with E-state index in [4.69, 9.17) is 5.73 Å². The molecule has 0 saturated heterocycles. The Morgan fingerprint density at radius 1 is 1.25 bits per heavy atom. The van der Waals surface area contributed by atoms with Crippen molar-refractivity contribution in [3.8, 4) is 5.75 Å². The number of aromatic hydroxyl groups is 1. The Bertz CT molecular complexity index is 566. The van der Waals surface area contributed by atoms with Crippen LogP contribution in [0.2, 0.25) is 0 Å². The van der Waals surface area contributed by atoms with E-state index in [2.05, 4.69) is 15.9 Å². The van der Waals surface area contributed by atoms with Gasteiger partial charge in [-0.3, -0.25) is 4.79 Å². The van der Waals surface area contributed by atoms with Crippen molar-refractivity contribution in [2.24, 2.45) is 5.73 Å². The monoisotopic (exact) mass is 279 g/mol.